The molecule has 33 heavy (non-hydrogen) atoms. The maximum Gasteiger partial charge on any atom is 0.181 e. The van der Waals surface area contributed by atoms with Gasteiger partial charge in [0.05, 0.1) is 11.2 Å². The molecule has 6 heteroatoms. The first-order valence-corrected chi connectivity index (χ1v) is 10.9. The molecule has 6 nitrogen and oxygen atoms in total. The lowest BCUT2D eigenvalue weighted by Gasteiger charge is -2.09. The van der Waals surface area contributed by atoms with E-state index in [0.29, 0.717) is 12.4 Å². The van der Waals surface area contributed by atoms with Crippen LogP contribution in [0.3, 0.4) is 0 Å². The smallest absolute Gasteiger partial charge is 0.181 e. The first kappa shape index (κ1) is 20.6. The maximum absolute atomic E-state index is 6.02. The standard InChI is InChI=1S/C27H23N5O/c1-2-7-20(8-3-1)17-23(27-29-31-32-30-27)14-13-21-9-6-11-25(18-21)33-19-24-16-15-22-10-4-5-12-26(22)28-24/h1-16,18,23H,17,19H2,(H,29,30,31,32). The zero-order chi connectivity index (χ0) is 22.3. The van der Waals surface area contributed by atoms with Crippen LogP contribution in [0.5, 0.6) is 5.75 Å². The summed E-state index contributed by atoms with van der Waals surface area (Å²) in [6.07, 6.45) is 4.98. The van der Waals surface area contributed by atoms with E-state index in [-0.39, 0.29) is 5.92 Å². The number of rotatable bonds is 8. The monoisotopic (exact) mass is 433 g/mol. The molecule has 1 N–H and O–H groups in total. The van der Waals surface area contributed by atoms with Gasteiger partial charge in [-0.15, -0.1) is 10.2 Å². The number of nitrogens with one attached hydrogen (secondary N) is 1. The van der Waals surface area contributed by atoms with Gasteiger partial charge >= 0.3 is 0 Å². The van der Waals surface area contributed by atoms with Crippen molar-refractivity contribution in [1.29, 1.82) is 0 Å². The van der Waals surface area contributed by atoms with Crippen molar-refractivity contribution in [2.75, 3.05) is 0 Å². The van der Waals surface area contributed by atoms with E-state index in [1.165, 1.54) is 5.56 Å². The highest BCUT2D eigenvalue weighted by Crippen LogP contribution is 2.22. The number of benzene rings is 3. The third-order valence-corrected chi connectivity index (χ3v) is 5.41. The number of ether oxygens (including phenoxy) is 1. The van der Waals surface area contributed by atoms with Crippen molar-refractivity contribution in [3.05, 3.63) is 120 Å². The zero-order valence-electron chi connectivity index (χ0n) is 18.0. The van der Waals surface area contributed by atoms with Gasteiger partial charge in [-0.25, -0.2) is 4.98 Å². The number of hydrogen-bond acceptors (Lipinski definition) is 5. The van der Waals surface area contributed by atoms with Gasteiger partial charge in [0.2, 0.25) is 0 Å². The van der Waals surface area contributed by atoms with E-state index >= 15 is 0 Å². The van der Waals surface area contributed by atoms with E-state index < -0.39 is 0 Å². The van der Waals surface area contributed by atoms with Gasteiger partial charge in [0.25, 0.3) is 0 Å². The Labute approximate surface area is 192 Å². The summed E-state index contributed by atoms with van der Waals surface area (Å²) in [5, 5.41) is 15.8. The first-order valence-electron chi connectivity index (χ1n) is 10.9. The molecule has 0 saturated heterocycles. The van der Waals surface area contributed by atoms with E-state index in [2.05, 4.69) is 62.0 Å². The summed E-state index contributed by atoms with van der Waals surface area (Å²) >= 11 is 0. The van der Waals surface area contributed by atoms with Gasteiger partial charge in [0.1, 0.15) is 12.4 Å². The minimum absolute atomic E-state index is 0.0116. The summed E-state index contributed by atoms with van der Waals surface area (Å²) in [7, 11) is 0. The lowest BCUT2D eigenvalue weighted by Crippen LogP contribution is -2.02. The van der Waals surface area contributed by atoms with Crippen molar-refractivity contribution in [3.8, 4) is 5.75 Å². The zero-order valence-corrected chi connectivity index (χ0v) is 18.0. The maximum atomic E-state index is 6.02. The number of allylic oxidation sites excluding steroid dienone is 1. The SMILES string of the molecule is C(=CC(Cc1ccccc1)c1nn[nH]n1)c1cccc(OCc2ccc3ccccc3n2)c1. The van der Waals surface area contributed by atoms with Crippen molar-refractivity contribution in [3.63, 3.8) is 0 Å². The van der Waals surface area contributed by atoms with Gasteiger partial charge in [0.15, 0.2) is 5.82 Å². The molecule has 162 valence electrons. The molecule has 1 atom stereocenters. The first-order chi connectivity index (χ1) is 16.3. The van der Waals surface area contributed by atoms with Gasteiger partial charge in [-0.1, -0.05) is 84.1 Å². The van der Waals surface area contributed by atoms with Crippen LogP contribution in [0.25, 0.3) is 17.0 Å². The number of hydrogen-bond donors (Lipinski definition) is 1. The highest BCUT2D eigenvalue weighted by atomic mass is 16.5. The van der Waals surface area contributed by atoms with E-state index in [1.807, 2.05) is 66.7 Å². The van der Waals surface area contributed by atoms with Crippen LogP contribution in [0.4, 0.5) is 0 Å². The number of tetrazole rings is 1. The number of H-pyrrole nitrogens is 1. The van der Waals surface area contributed by atoms with Crippen LogP contribution in [0.2, 0.25) is 0 Å². The van der Waals surface area contributed by atoms with Crippen LogP contribution in [0.15, 0.2) is 97.1 Å². The number of pyridine rings is 1. The Morgan fingerprint density at radius 3 is 2.64 bits per heavy atom. The van der Waals surface area contributed by atoms with Crippen molar-refractivity contribution in [2.45, 2.75) is 18.9 Å². The number of fused-ring (bicyclic) bond motifs is 1. The van der Waals surface area contributed by atoms with Gasteiger partial charge in [0, 0.05) is 11.3 Å². The Kier molecular flexibility index (Phi) is 6.15. The molecule has 2 heterocycles. The average Bonchev–Trinajstić information content (AvgIpc) is 3.41. The third-order valence-electron chi connectivity index (χ3n) is 5.41. The van der Waals surface area contributed by atoms with Gasteiger partial charge in [-0.05, 0) is 41.8 Å². The van der Waals surface area contributed by atoms with Crippen molar-refractivity contribution >= 4 is 17.0 Å². The van der Waals surface area contributed by atoms with Gasteiger partial charge in [-0.3, -0.25) is 0 Å². The molecule has 3 aromatic carbocycles. The Morgan fingerprint density at radius 2 is 1.76 bits per heavy atom. The summed E-state index contributed by atoms with van der Waals surface area (Å²) in [5.74, 6) is 1.48. The van der Waals surface area contributed by atoms with Crippen LogP contribution in [0, 0.1) is 0 Å². The normalized spacial score (nSPS) is 12.2. The van der Waals surface area contributed by atoms with Crippen molar-refractivity contribution in [1.82, 2.24) is 25.6 Å². The second-order valence-electron chi connectivity index (χ2n) is 7.78. The summed E-state index contributed by atoms with van der Waals surface area (Å²) in [5.41, 5.74) is 4.13. The molecule has 0 radical (unpaired) electrons. The van der Waals surface area contributed by atoms with E-state index in [0.717, 1.165) is 34.3 Å². The summed E-state index contributed by atoms with van der Waals surface area (Å²) in [4.78, 5) is 4.68. The van der Waals surface area contributed by atoms with Crippen molar-refractivity contribution in [2.24, 2.45) is 0 Å². The molecular weight excluding hydrogens is 410 g/mol. The predicted octanol–water partition coefficient (Wildman–Crippen LogP) is 5.37. The molecule has 5 rings (SSSR count). The van der Waals surface area contributed by atoms with Crippen LogP contribution in [0.1, 0.15) is 28.6 Å². The Bertz CT molecular complexity index is 1350. The van der Waals surface area contributed by atoms with E-state index in [1.54, 1.807) is 0 Å². The Hall–Kier alpha value is -4.32. The van der Waals surface area contributed by atoms with Crippen LogP contribution < -0.4 is 4.74 Å². The summed E-state index contributed by atoms with van der Waals surface area (Å²) < 4.78 is 6.02. The number of aromatic nitrogens is 5. The molecule has 0 aliphatic heterocycles. The largest absolute Gasteiger partial charge is 0.487 e. The molecule has 1 unspecified atom stereocenters. The fraction of sp³-hybridized carbons (Fsp3) is 0.111. The van der Waals surface area contributed by atoms with E-state index in [4.69, 9.17) is 4.74 Å². The number of para-hydroxylation sites is 1. The van der Waals surface area contributed by atoms with Gasteiger partial charge in [-0.2, -0.15) is 5.21 Å². The molecule has 0 spiro atoms. The molecule has 0 fully saturated rings. The van der Waals surface area contributed by atoms with Gasteiger partial charge < -0.3 is 4.74 Å². The lowest BCUT2D eigenvalue weighted by molar-refractivity contribution is 0.302. The molecule has 5 aromatic rings. The quantitative estimate of drug-likeness (QED) is 0.356. The second kappa shape index (κ2) is 9.87. The molecule has 0 aliphatic carbocycles. The predicted molar refractivity (Wildman–Crippen MR) is 129 cm³/mol. The topological polar surface area (TPSA) is 76.6 Å². The minimum Gasteiger partial charge on any atom is -0.487 e. The Balaban J connectivity index is 1.29. The van der Waals surface area contributed by atoms with Crippen molar-refractivity contribution < 1.29 is 4.74 Å². The van der Waals surface area contributed by atoms with Crippen LogP contribution >= 0.6 is 0 Å². The summed E-state index contributed by atoms with van der Waals surface area (Å²) in [6, 6.07) is 30.5. The summed E-state index contributed by atoms with van der Waals surface area (Å²) in [6.45, 7) is 0.414. The average molecular weight is 434 g/mol. The Morgan fingerprint density at radius 1 is 0.879 bits per heavy atom. The molecule has 0 amide bonds. The van der Waals surface area contributed by atoms with E-state index in [9.17, 15) is 0 Å². The molecule has 0 bridgehead atoms. The fourth-order valence-corrected chi connectivity index (χ4v) is 3.72. The third kappa shape index (κ3) is 5.30. The molecular formula is C27H23N5O. The van der Waals surface area contributed by atoms with Crippen LogP contribution in [-0.2, 0) is 13.0 Å². The van der Waals surface area contributed by atoms with Crippen LogP contribution in [-0.4, -0.2) is 25.6 Å². The number of nitrogens with zero attached hydrogens (tertiary/aromatic N) is 4. The molecule has 2 aromatic heterocycles. The molecule has 0 saturated carbocycles. The minimum atomic E-state index is 0.0116. The highest BCUT2D eigenvalue weighted by molar-refractivity contribution is 5.78. The number of aromatic amines is 1. The second-order valence-corrected chi connectivity index (χ2v) is 7.78. The fourth-order valence-electron chi connectivity index (χ4n) is 3.72. The lowest BCUT2D eigenvalue weighted by atomic mass is 9.97. The molecule has 0 aliphatic rings. The highest BCUT2D eigenvalue weighted by Gasteiger charge is 2.14.